The summed E-state index contributed by atoms with van der Waals surface area (Å²) in [7, 11) is 0. The number of aliphatic hydroxyl groups is 1. The summed E-state index contributed by atoms with van der Waals surface area (Å²) >= 11 is 0. The molecular weight excluding hydrogens is 242 g/mol. The molecule has 1 rings (SSSR count). The van der Waals surface area contributed by atoms with E-state index >= 15 is 0 Å². The summed E-state index contributed by atoms with van der Waals surface area (Å²) in [6.07, 6.45) is 5.94. The summed E-state index contributed by atoms with van der Waals surface area (Å²) in [5, 5.41) is 13.0. The summed E-state index contributed by atoms with van der Waals surface area (Å²) in [6, 6.07) is 0. The smallest absolute Gasteiger partial charge is 0.0897 e. The van der Waals surface area contributed by atoms with Gasteiger partial charge < -0.3 is 19.9 Å². The quantitative estimate of drug-likeness (QED) is 0.565. The second-order valence-corrected chi connectivity index (χ2v) is 5.89. The topological polar surface area (TPSA) is 50.7 Å². The van der Waals surface area contributed by atoms with E-state index in [-0.39, 0.29) is 0 Å². The second kappa shape index (κ2) is 10.6. The highest BCUT2D eigenvalue weighted by Gasteiger charge is 2.16. The van der Waals surface area contributed by atoms with Crippen molar-refractivity contribution in [2.45, 2.75) is 58.2 Å². The Hall–Kier alpha value is -0.160. The Morgan fingerprint density at radius 1 is 1.21 bits per heavy atom. The Balaban J connectivity index is 1.82. The minimum absolute atomic E-state index is 0.383. The van der Waals surface area contributed by atoms with E-state index in [1.54, 1.807) is 0 Å². The Morgan fingerprint density at radius 2 is 1.95 bits per heavy atom. The fourth-order valence-electron chi connectivity index (χ4n) is 2.20. The molecule has 0 aromatic heterocycles. The first kappa shape index (κ1) is 16.9. The van der Waals surface area contributed by atoms with Crippen molar-refractivity contribution in [3.8, 4) is 0 Å². The van der Waals surface area contributed by atoms with Crippen molar-refractivity contribution in [1.29, 1.82) is 0 Å². The molecule has 0 aliphatic heterocycles. The van der Waals surface area contributed by atoms with Gasteiger partial charge in [-0.1, -0.05) is 26.7 Å². The highest BCUT2D eigenvalue weighted by Crippen LogP contribution is 2.20. The van der Waals surface area contributed by atoms with Gasteiger partial charge in [-0.15, -0.1) is 0 Å². The predicted molar refractivity (Wildman–Crippen MR) is 77.4 cm³/mol. The van der Waals surface area contributed by atoms with E-state index < -0.39 is 6.10 Å². The van der Waals surface area contributed by atoms with E-state index in [1.807, 2.05) is 0 Å². The van der Waals surface area contributed by atoms with Gasteiger partial charge in [-0.05, 0) is 25.2 Å². The summed E-state index contributed by atoms with van der Waals surface area (Å²) in [5.41, 5.74) is 0. The van der Waals surface area contributed by atoms with Gasteiger partial charge in [-0.2, -0.15) is 0 Å². The van der Waals surface area contributed by atoms with Crippen LogP contribution in [0.5, 0.6) is 0 Å². The van der Waals surface area contributed by atoms with Crippen molar-refractivity contribution in [2.75, 3.05) is 32.9 Å². The van der Waals surface area contributed by atoms with Gasteiger partial charge in [0.2, 0.25) is 0 Å². The number of rotatable bonds is 11. The second-order valence-electron chi connectivity index (χ2n) is 5.89. The average molecular weight is 273 g/mol. The highest BCUT2D eigenvalue weighted by molar-refractivity contribution is 4.68. The molecule has 1 aliphatic rings. The normalized spacial score (nSPS) is 18.3. The molecule has 4 nitrogen and oxygen atoms in total. The molecule has 0 amide bonds. The van der Waals surface area contributed by atoms with Gasteiger partial charge in [0.25, 0.3) is 0 Å². The standard InChI is InChI=1S/C15H31NO3/c1-13(2)7-9-18-10-8-16-11-14(17)12-19-15-5-3-4-6-15/h13-17H,3-12H2,1-2H3. The molecule has 19 heavy (non-hydrogen) atoms. The lowest BCUT2D eigenvalue weighted by Crippen LogP contribution is -2.33. The molecule has 114 valence electrons. The van der Waals surface area contributed by atoms with Crippen molar-refractivity contribution in [3.63, 3.8) is 0 Å². The maximum Gasteiger partial charge on any atom is 0.0897 e. The van der Waals surface area contributed by atoms with Crippen LogP contribution < -0.4 is 5.32 Å². The molecule has 1 fully saturated rings. The molecule has 4 heteroatoms. The monoisotopic (exact) mass is 273 g/mol. The third kappa shape index (κ3) is 9.38. The lowest BCUT2D eigenvalue weighted by atomic mass is 10.1. The van der Waals surface area contributed by atoms with E-state index in [1.165, 1.54) is 12.8 Å². The average Bonchev–Trinajstić information content (AvgIpc) is 2.88. The van der Waals surface area contributed by atoms with Crippen LogP contribution >= 0.6 is 0 Å². The zero-order chi connectivity index (χ0) is 13.9. The first-order valence-electron chi connectivity index (χ1n) is 7.76. The number of nitrogens with one attached hydrogen (secondary N) is 1. The SMILES string of the molecule is CC(C)CCOCCNCC(O)COC1CCCC1. The number of ether oxygens (including phenoxy) is 2. The molecule has 1 saturated carbocycles. The lowest BCUT2D eigenvalue weighted by Gasteiger charge is -2.16. The maximum atomic E-state index is 9.76. The van der Waals surface area contributed by atoms with Crippen LogP contribution in [0.3, 0.4) is 0 Å². The molecule has 0 aromatic rings. The fourth-order valence-corrected chi connectivity index (χ4v) is 2.20. The van der Waals surface area contributed by atoms with E-state index in [2.05, 4.69) is 19.2 Å². The van der Waals surface area contributed by atoms with Gasteiger partial charge in [-0.25, -0.2) is 0 Å². The molecule has 1 atom stereocenters. The van der Waals surface area contributed by atoms with Crippen LogP contribution in [0.15, 0.2) is 0 Å². The van der Waals surface area contributed by atoms with Crippen LogP contribution in [-0.2, 0) is 9.47 Å². The molecular formula is C15H31NO3. The molecule has 0 bridgehead atoms. The van der Waals surface area contributed by atoms with Gasteiger partial charge in [0, 0.05) is 19.7 Å². The van der Waals surface area contributed by atoms with E-state index in [0.29, 0.717) is 31.8 Å². The molecule has 1 unspecified atom stereocenters. The lowest BCUT2D eigenvalue weighted by molar-refractivity contribution is -0.00595. The molecule has 0 spiro atoms. The van der Waals surface area contributed by atoms with Crippen molar-refractivity contribution in [2.24, 2.45) is 5.92 Å². The number of hydrogen-bond donors (Lipinski definition) is 2. The van der Waals surface area contributed by atoms with Crippen LogP contribution in [-0.4, -0.2) is 50.2 Å². The highest BCUT2D eigenvalue weighted by atomic mass is 16.5. The van der Waals surface area contributed by atoms with Crippen molar-refractivity contribution in [3.05, 3.63) is 0 Å². The number of aliphatic hydroxyl groups excluding tert-OH is 1. The summed E-state index contributed by atoms with van der Waals surface area (Å²) < 4.78 is 11.2. The molecule has 0 radical (unpaired) electrons. The summed E-state index contributed by atoms with van der Waals surface area (Å²) in [6.45, 7) is 7.75. The first-order chi connectivity index (χ1) is 9.18. The molecule has 0 aromatic carbocycles. The Kier molecular flexibility index (Phi) is 9.43. The Bertz CT molecular complexity index is 206. The fraction of sp³-hybridized carbons (Fsp3) is 1.00. The minimum Gasteiger partial charge on any atom is -0.389 e. The van der Waals surface area contributed by atoms with Crippen LogP contribution in [0.25, 0.3) is 0 Å². The number of hydrogen-bond acceptors (Lipinski definition) is 4. The van der Waals surface area contributed by atoms with E-state index in [0.717, 1.165) is 32.4 Å². The zero-order valence-electron chi connectivity index (χ0n) is 12.6. The van der Waals surface area contributed by atoms with E-state index in [4.69, 9.17) is 9.47 Å². The van der Waals surface area contributed by atoms with E-state index in [9.17, 15) is 5.11 Å². The zero-order valence-corrected chi connectivity index (χ0v) is 12.6. The molecule has 0 saturated heterocycles. The Labute approximate surface area is 117 Å². The Morgan fingerprint density at radius 3 is 2.63 bits per heavy atom. The maximum absolute atomic E-state index is 9.76. The minimum atomic E-state index is -0.406. The van der Waals surface area contributed by atoms with Gasteiger partial charge in [-0.3, -0.25) is 0 Å². The van der Waals surface area contributed by atoms with Crippen LogP contribution in [0.4, 0.5) is 0 Å². The largest absolute Gasteiger partial charge is 0.389 e. The van der Waals surface area contributed by atoms with Gasteiger partial charge in [0.05, 0.1) is 25.4 Å². The van der Waals surface area contributed by atoms with Crippen LogP contribution in [0, 0.1) is 5.92 Å². The third-order valence-electron chi connectivity index (χ3n) is 3.47. The van der Waals surface area contributed by atoms with Crippen molar-refractivity contribution in [1.82, 2.24) is 5.32 Å². The van der Waals surface area contributed by atoms with Crippen molar-refractivity contribution < 1.29 is 14.6 Å². The third-order valence-corrected chi connectivity index (χ3v) is 3.47. The van der Waals surface area contributed by atoms with Crippen molar-refractivity contribution >= 4 is 0 Å². The predicted octanol–water partition coefficient (Wildman–Crippen LogP) is 1.96. The molecule has 1 aliphatic carbocycles. The first-order valence-corrected chi connectivity index (χ1v) is 7.76. The van der Waals surface area contributed by atoms with Crippen LogP contribution in [0.2, 0.25) is 0 Å². The summed E-state index contributed by atoms with van der Waals surface area (Å²) in [5.74, 6) is 0.697. The van der Waals surface area contributed by atoms with Crippen LogP contribution in [0.1, 0.15) is 46.0 Å². The van der Waals surface area contributed by atoms with Gasteiger partial charge >= 0.3 is 0 Å². The summed E-state index contributed by atoms with van der Waals surface area (Å²) in [4.78, 5) is 0. The molecule has 0 heterocycles. The van der Waals surface area contributed by atoms with Gasteiger partial charge in [0.15, 0.2) is 0 Å². The molecule has 2 N–H and O–H groups in total. The van der Waals surface area contributed by atoms with Gasteiger partial charge in [0.1, 0.15) is 0 Å².